The third-order valence-corrected chi connectivity index (χ3v) is 5.98. The molecule has 3 aromatic rings. The summed E-state index contributed by atoms with van der Waals surface area (Å²) in [5.41, 5.74) is 4.86. The molecule has 1 aliphatic rings. The first kappa shape index (κ1) is 21.1. The highest BCUT2D eigenvalue weighted by Crippen LogP contribution is 2.42. The molecule has 4 rings (SSSR count). The van der Waals surface area contributed by atoms with Gasteiger partial charge in [0.15, 0.2) is 11.5 Å². The van der Waals surface area contributed by atoms with Gasteiger partial charge in [0.25, 0.3) is 0 Å². The van der Waals surface area contributed by atoms with Crippen LogP contribution in [0.15, 0.2) is 60.7 Å². The summed E-state index contributed by atoms with van der Waals surface area (Å²) in [6.07, 6.45) is 0.706. The average molecular weight is 437 g/mol. The summed E-state index contributed by atoms with van der Waals surface area (Å²) in [5, 5.41) is 3.64. The number of carbonyl (C=O) groups excluding carboxylic acids is 1. The number of ether oxygens (including phenoxy) is 2. The minimum atomic E-state index is -0.345. The molecule has 1 N–H and O–H groups in total. The SMILES string of the molecule is COc1cc2c(cc1OC)[C@@H](c1ccccc1Cl)N(C(=O)Nc1ccc(C)cc1)CC2. The molecule has 6 heteroatoms. The fourth-order valence-corrected chi connectivity index (χ4v) is 4.27. The summed E-state index contributed by atoms with van der Waals surface area (Å²) in [7, 11) is 3.24. The molecule has 160 valence electrons. The summed E-state index contributed by atoms with van der Waals surface area (Å²) < 4.78 is 11.0. The highest BCUT2D eigenvalue weighted by Gasteiger charge is 2.34. The van der Waals surface area contributed by atoms with Gasteiger partial charge in [0.05, 0.1) is 20.3 Å². The average Bonchev–Trinajstić information content (AvgIpc) is 2.79. The Kier molecular flexibility index (Phi) is 6.05. The fraction of sp³-hybridized carbons (Fsp3) is 0.240. The maximum atomic E-state index is 13.4. The van der Waals surface area contributed by atoms with Crippen LogP contribution in [0.4, 0.5) is 10.5 Å². The van der Waals surface area contributed by atoms with Crippen molar-refractivity contribution in [1.29, 1.82) is 0 Å². The Labute approximate surface area is 187 Å². The van der Waals surface area contributed by atoms with Crippen LogP contribution in [0.1, 0.15) is 28.3 Å². The summed E-state index contributed by atoms with van der Waals surface area (Å²) >= 11 is 6.59. The number of anilines is 1. The predicted octanol–water partition coefficient (Wildman–Crippen LogP) is 5.85. The Bertz CT molecular complexity index is 1100. The molecule has 0 saturated carbocycles. The van der Waals surface area contributed by atoms with Crippen molar-refractivity contribution in [3.05, 3.63) is 87.9 Å². The molecule has 0 saturated heterocycles. The molecule has 0 fully saturated rings. The molecule has 1 atom stereocenters. The van der Waals surface area contributed by atoms with Gasteiger partial charge in [-0.15, -0.1) is 0 Å². The second-order valence-corrected chi connectivity index (χ2v) is 7.98. The lowest BCUT2D eigenvalue weighted by atomic mass is 9.87. The number of urea groups is 1. The van der Waals surface area contributed by atoms with Crippen LogP contribution in [0, 0.1) is 6.92 Å². The second kappa shape index (κ2) is 8.90. The molecule has 0 radical (unpaired) electrons. The van der Waals surface area contributed by atoms with Crippen molar-refractivity contribution < 1.29 is 14.3 Å². The van der Waals surface area contributed by atoms with Crippen LogP contribution < -0.4 is 14.8 Å². The molecule has 0 aromatic heterocycles. The summed E-state index contributed by atoms with van der Waals surface area (Å²) in [6.45, 7) is 2.57. The zero-order valence-electron chi connectivity index (χ0n) is 17.8. The molecule has 0 spiro atoms. The van der Waals surface area contributed by atoms with E-state index < -0.39 is 0 Å². The standard InChI is InChI=1S/C25H25ClN2O3/c1-16-8-10-18(11-9-16)27-25(29)28-13-12-17-14-22(30-2)23(31-3)15-20(17)24(28)19-6-4-5-7-21(19)26/h4-11,14-15,24H,12-13H2,1-3H3,(H,27,29)/t24-/m1/s1. The van der Waals surface area contributed by atoms with Crippen LogP contribution in [0.2, 0.25) is 5.02 Å². The van der Waals surface area contributed by atoms with Crippen LogP contribution in [0.3, 0.4) is 0 Å². The largest absolute Gasteiger partial charge is 0.493 e. The minimum Gasteiger partial charge on any atom is -0.493 e. The number of hydrogen-bond donors (Lipinski definition) is 1. The Balaban J connectivity index is 1.78. The third kappa shape index (κ3) is 4.19. The maximum absolute atomic E-state index is 13.4. The van der Waals surface area contributed by atoms with Gasteiger partial charge in [0.2, 0.25) is 0 Å². The lowest BCUT2D eigenvalue weighted by molar-refractivity contribution is 0.193. The van der Waals surface area contributed by atoms with E-state index in [2.05, 4.69) is 5.32 Å². The van der Waals surface area contributed by atoms with Crippen molar-refractivity contribution >= 4 is 23.3 Å². The van der Waals surface area contributed by atoms with Gasteiger partial charge in [-0.3, -0.25) is 0 Å². The van der Waals surface area contributed by atoms with E-state index in [1.165, 1.54) is 0 Å². The quantitative estimate of drug-likeness (QED) is 0.558. The van der Waals surface area contributed by atoms with Crippen molar-refractivity contribution in [2.45, 2.75) is 19.4 Å². The number of nitrogens with one attached hydrogen (secondary N) is 1. The number of hydrogen-bond acceptors (Lipinski definition) is 3. The van der Waals surface area contributed by atoms with Crippen molar-refractivity contribution in [3.63, 3.8) is 0 Å². The van der Waals surface area contributed by atoms with Gasteiger partial charge >= 0.3 is 6.03 Å². The number of rotatable bonds is 4. The van der Waals surface area contributed by atoms with E-state index in [9.17, 15) is 4.79 Å². The van der Waals surface area contributed by atoms with E-state index in [0.717, 1.165) is 27.9 Å². The van der Waals surface area contributed by atoms with Gasteiger partial charge in [0.1, 0.15) is 0 Å². The zero-order valence-corrected chi connectivity index (χ0v) is 18.6. The van der Waals surface area contributed by atoms with Gasteiger partial charge in [0, 0.05) is 17.3 Å². The lowest BCUT2D eigenvalue weighted by Gasteiger charge is -2.38. The van der Waals surface area contributed by atoms with E-state index in [-0.39, 0.29) is 12.1 Å². The first-order valence-electron chi connectivity index (χ1n) is 10.2. The van der Waals surface area contributed by atoms with E-state index in [0.29, 0.717) is 29.5 Å². The van der Waals surface area contributed by atoms with Crippen molar-refractivity contribution in [2.24, 2.45) is 0 Å². The molecule has 0 bridgehead atoms. The Morgan fingerprint density at radius 1 is 1.00 bits per heavy atom. The van der Waals surface area contributed by atoms with Crippen LogP contribution in [0.5, 0.6) is 11.5 Å². The third-order valence-electron chi connectivity index (χ3n) is 5.64. The van der Waals surface area contributed by atoms with Gasteiger partial charge < -0.3 is 19.7 Å². The van der Waals surface area contributed by atoms with E-state index in [1.807, 2.05) is 72.5 Å². The zero-order chi connectivity index (χ0) is 22.0. The topological polar surface area (TPSA) is 50.8 Å². The van der Waals surface area contributed by atoms with Crippen LogP contribution in [0.25, 0.3) is 0 Å². The number of nitrogens with zero attached hydrogens (tertiary/aromatic N) is 1. The molecule has 3 aromatic carbocycles. The highest BCUT2D eigenvalue weighted by molar-refractivity contribution is 6.31. The number of halogens is 1. The van der Waals surface area contributed by atoms with E-state index in [4.69, 9.17) is 21.1 Å². The normalized spacial score (nSPS) is 15.2. The van der Waals surface area contributed by atoms with Gasteiger partial charge in [-0.1, -0.05) is 47.5 Å². The Hall–Kier alpha value is -3.18. The Morgan fingerprint density at radius 3 is 2.35 bits per heavy atom. The summed E-state index contributed by atoms with van der Waals surface area (Å²) in [6, 6.07) is 18.8. The van der Waals surface area contributed by atoms with Crippen molar-refractivity contribution in [3.8, 4) is 11.5 Å². The molecule has 2 amide bonds. The number of methoxy groups -OCH3 is 2. The van der Waals surface area contributed by atoms with Crippen LogP contribution >= 0.6 is 11.6 Å². The van der Waals surface area contributed by atoms with Gasteiger partial charge in [-0.25, -0.2) is 4.79 Å². The molecule has 1 heterocycles. The number of carbonyl (C=O) groups is 1. The fourth-order valence-electron chi connectivity index (χ4n) is 4.03. The van der Waals surface area contributed by atoms with E-state index >= 15 is 0 Å². The van der Waals surface area contributed by atoms with Crippen molar-refractivity contribution in [2.75, 3.05) is 26.1 Å². The van der Waals surface area contributed by atoms with Gasteiger partial charge in [-0.05, 0) is 60.4 Å². The smallest absolute Gasteiger partial charge is 0.322 e. The predicted molar refractivity (Wildman–Crippen MR) is 123 cm³/mol. The maximum Gasteiger partial charge on any atom is 0.322 e. The van der Waals surface area contributed by atoms with Crippen LogP contribution in [-0.4, -0.2) is 31.7 Å². The summed E-state index contributed by atoms with van der Waals surface area (Å²) in [5.74, 6) is 1.30. The molecular weight excluding hydrogens is 412 g/mol. The molecule has 1 aliphatic heterocycles. The molecular formula is C25H25ClN2O3. The van der Waals surface area contributed by atoms with Gasteiger partial charge in [-0.2, -0.15) is 0 Å². The molecule has 0 aliphatic carbocycles. The number of aryl methyl sites for hydroxylation is 1. The number of amides is 2. The summed E-state index contributed by atoms with van der Waals surface area (Å²) in [4.78, 5) is 15.2. The Morgan fingerprint density at radius 2 is 1.68 bits per heavy atom. The monoisotopic (exact) mass is 436 g/mol. The minimum absolute atomic E-state index is 0.172. The van der Waals surface area contributed by atoms with Crippen molar-refractivity contribution in [1.82, 2.24) is 4.90 Å². The number of fused-ring (bicyclic) bond motifs is 1. The highest BCUT2D eigenvalue weighted by atomic mass is 35.5. The number of benzene rings is 3. The first-order valence-corrected chi connectivity index (χ1v) is 10.5. The van der Waals surface area contributed by atoms with Crippen LogP contribution in [-0.2, 0) is 6.42 Å². The lowest BCUT2D eigenvalue weighted by Crippen LogP contribution is -2.43. The first-order chi connectivity index (χ1) is 15.0. The second-order valence-electron chi connectivity index (χ2n) is 7.57. The molecule has 31 heavy (non-hydrogen) atoms. The molecule has 5 nitrogen and oxygen atoms in total. The van der Waals surface area contributed by atoms with E-state index in [1.54, 1.807) is 14.2 Å². The molecule has 0 unspecified atom stereocenters.